The molecule has 0 spiro atoms. The van der Waals surface area contributed by atoms with E-state index in [-0.39, 0.29) is 6.61 Å². The van der Waals surface area contributed by atoms with Crippen LogP contribution in [0.2, 0.25) is 0 Å². The predicted molar refractivity (Wildman–Crippen MR) is 239 cm³/mol. The second-order valence-electron chi connectivity index (χ2n) is 19.1. The fourth-order valence-corrected chi connectivity index (χ4v) is 9.56. The van der Waals surface area contributed by atoms with Gasteiger partial charge in [-0.15, -0.1) is 6.42 Å². The van der Waals surface area contributed by atoms with Crippen LogP contribution in [0.3, 0.4) is 0 Å². The van der Waals surface area contributed by atoms with E-state index in [4.69, 9.17) is 69.0 Å². The molecule has 0 radical (unpaired) electrons. The van der Waals surface area contributed by atoms with Gasteiger partial charge in [0.1, 0.15) is 146 Å². The van der Waals surface area contributed by atoms with Crippen molar-refractivity contribution < 1.29 is 148 Å². The second-order valence-corrected chi connectivity index (χ2v) is 19.1. The SMILES string of the molecule is C#CC1O[C@@H](OC2[C@H](O[C@@H]3C(NC(C)=O)[C@H](O[C@@H]4C(O)[C@@H](O[C@H]5C(CO)O[C@@H](O[C@@H]6C(CO)O[C@@H](OCCCCCN)C(O)[C@H]6O)C(O)[C@H]5O)OC(CO)[C@@H]4O)OC(CO)[C@@H]3O)OC(CO)[C@H](O)[C@@H]2O)C(O)[C@@H](O)[C@@H]1O. The number of ether oxygens (including phenoxy) is 12. The highest BCUT2D eigenvalue weighted by Gasteiger charge is 2.58. The van der Waals surface area contributed by atoms with Crippen LogP contribution in [0, 0.1) is 12.3 Å². The molecule has 32 nitrogen and oxygen atoms in total. The van der Waals surface area contributed by atoms with Crippen molar-refractivity contribution in [3.8, 4) is 12.3 Å². The molecule has 12 unspecified atom stereocenters. The molecule has 440 valence electrons. The molecule has 20 N–H and O–H groups in total. The van der Waals surface area contributed by atoms with E-state index in [1.807, 2.05) is 5.92 Å². The van der Waals surface area contributed by atoms with Gasteiger partial charge in [0, 0.05) is 13.5 Å². The number of unbranched alkanes of at least 4 members (excludes halogenated alkanes) is 2. The minimum Gasteiger partial charge on any atom is -0.394 e. The lowest BCUT2D eigenvalue weighted by Crippen LogP contribution is -2.70. The summed E-state index contributed by atoms with van der Waals surface area (Å²) in [6.07, 6.45) is -47.3. The molecule has 0 aromatic heterocycles. The highest BCUT2D eigenvalue weighted by molar-refractivity contribution is 5.73. The van der Waals surface area contributed by atoms with Crippen molar-refractivity contribution in [2.75, 3.05) is 46.2 Å². The molecule has 1 amide bonds. The van der Waals surface area contributed by atoms with Gasteiger partial charge in [0.25, 0.3) is 0 Å². The van der Waals surface area contributed by atoms with Gasteiger partial charge in [-0.2, -0.15) is 0 Å². The Labute approximate surface area is 433 Å². The lowest BCUT2D eigenvalue weighted by molar-refractivity contribution is -0.393. The third-order valence-corrected chi connectivity index (χ3v) is 13.8. The number of amides is 1. The average molecular weight is 1110 g/mol. The van der Waals surface area contributed by atoms with Gasteiger partial charge < -0.3 is 155 Å². The Morgan fingerprint density at radius 2 is 0.868 bits per heavy atom. The Hall–Kier alpha value is -2.17. The minimum atomic E-state index is -2.22. The maximum absolute atomic E-state index is 12.8. The number of rotatable bonds is 22. The zero-order chi connectivity index (χ0) is 55.9. The molecule has 0 saturated carbocycles. The molecule has 6 aliphatic rings. The van der Waals surface area contributed by atoms with E-state index in [0.717, 1.165) is 6.92 Å². The van der Waals surface area contributed by atoms with Gasteiger partial charge in [-0.25, -0.2) is 0 Å². The van der Waals surface area contributed by atoms with Gasteiger partial charge in [-0.1, -0.05) is 5.92 Å². The Bertz CT molecular complexity index is 1810. The topological polar surface area (TPSA) is 510 Å². The normalized spacial score (nSPS) is 48.2. The van der Waals surface area contributed by atoms with Gasteiger partial charge in [-0.05, 0) is 25.8 Å². The van der Waals surface area contributed by atoms with Gasteiger partial charge in [-0.3, -0.25) is 4.79 Å². The zero-order valence-electron chi connectivity index (χ0n) is 41.0. The monoisotopic (exact) mass is 1110 g/mol. The van der Waals surface area contributed by atoms with Gasteiger partial charge in [0.15, 0.2) is 37.7 Å². The Balaban J connectivity index is 1.20. The molecule has 6 heterocycles. The summed E-state index contributed by atoms with van der Waals surface area (Å²) >= 11 is 0. The van der Waals surface area contributed by atoms with E-state index >= 15 is 0 Å². The van der Waals surface area contributed by atoms with E-state index in [1.54, 1.807) is 0 Å². The number of hydrogen-bond acceptors (Lipinski definition) is 31. The smallest absolute Gasteiger partial charge is 0.217 e. The Morgan fingerprint density at radius 1 is 0.447 bits per heavy atom. The van der Waals surface area contributed by atoms with Crippen LogP contribution >= 0.6 is 0 Å². The van der Waals surface area contributed by atoms with E-state index in [2.05, 4.69) is 5.32 Å². The number of carbonyl (C=O) groups excluding carboxylic acids is 1. The fourth-order valence-electron chi connectivity index (χ4n) is 9.56. The molecular weight excluding hydrogens is 1040 g/mol. The van der Waals surface area contributed by atoms with E-state index in [1.165, 1.54) is 0 Å². The minimum absolute atomic E-state index is 0.107. The largest absolute Gasteiger partial charge is 0.394 e. The predicted octanol–water partition coefficient (Wildman–Crippen LogP) is -12.2. The van der Waals surface area contributed by atoms with Crippen molar-refractivity contribution >= 4 is 5.91 Å². The van der Waals surface area contributed by atoms with E-state index in [0.29, 0.717) is 25.8 Å². The van der Waals surface area contributed by atoms with Crippen LogP contribution in [-0.2, 0) is 61.6 Å². The molecule has 6 saturated heterocycles. The fraction of sp³-hybridized carbons (Fsp3) is 0.932. The quantitative estimate of drug-likeness (QED) is 0.0354. The number of hydrogen-bond donors (Lipinski definition) is 19. The maximum Gasteiger partial charge on any atom is 0.217 e. The number of carbonyl (C=O) groups is 1. The lowest BCUT2D eigenvalue weighted by Gasteiger charge is -2.51. The zero-order valence-corrected chi connectivity index (χ0v) is 41.0. The van der Waals surface area contributed by atoms with Crippen LogP contribution in [0.4, 0.5) is 0 Å². The molecular formula is C44H74N2O30. The van der Waals surface area contributed by atoms with Gasteiger partial charge in [0.2, 0.25) is 5.91 Å². The van der Waals surface area contributed by atoms with Gasteiger partial charge >= 0.3 is 0 Å². The van der Waals surface area contributed by atoms with Crippen molar-refractivity contribution in [1.82, 2.24) is 5.32 Å². The van der Waals surface area contributed by atoms with Crippen LogP contribution in [0.1, 0.15) is 26.2 Å². The van der Waals surface area contributed by atoms with Crippen LogP contribution < -0.4 is 11.1 Å². The number of aliphatic hydroxyl groups is 17. The average Bonchev–Trinajstić information content (AvgIpc) is 3.40. The molecule has 0 aromatic rings. The Kier molecular flexibility index (Phi) is 23.6. The molecule has 6 fully saturated rings. The summed E-state index contributed by atoms with van der Waals surface area (Å²) in [4.78, 5) is 12.8. The third-order valence-electron chi connectivity index (χ3n) is 13.8. The highest BCUT2D eigenvalue weighted by Crippen LogP contribution is 2.37. The molecule has 0 aromatic carbocycles. The van der Waals surface area contributed by atoms with Crippen molar-refractivity contribution in [2.24, 2.45) is 5.73 Å². The highest BCUT2D eigenvalue weighted by atomic mass is 16.8. The summed E-state index contributed by atoms with van der Waals surface area (Å²) < 4.78 is 69.0. The number of nitrogens with two attached hydrogens (primary N) is 1. The van der Waals surface area contributed by atoms with Crippen molar-refractivity contribution in [3.63, 3.8) is 0 Å². The first kappa shape index (κ1) is 63.0. The van der Waals surface area contributed by atoms with Crippen LogP contribution in [0.15, 0.2) is 0 Å². The summed E-state index contributed by atoms with van der Waals surface area (Å²) in [7, 11) is 0. The summed E-state index contributed by atoms with van der Waals surface area (Å²) in [5, 5.41) is 187. The molecule has 32 heteroatoms. The molecule has 6 aliphatic heterocycles. The van der Waals surface area contributed by atoms with Crippen molar-refractivity contribution in [2.45, 2.75) is 210 Å². The number of nitrogens with one attached hydrogen (secondary N) is 1. The third kappa shape index (κ3) is 13.9. The second kappa shape index (κ2) is 28.5. The van der Waals surface area contributed by atoms with Crippen LogP contribution in [-0.4, -0.2) is 323 Å². The molecule has 76 heavy (non-hydrogen) atoms. The van der Waals surface area contributed by atoms with E-state index in [9.17, 15) is 91.6 Å². The van der Waals surface area contributed by atoms with Crippen molar-refractivity contribution in [1.29, 1.82) is 0 Å². The molecule has 30 atom stereocenters. The summed E-state index contributed by atoms with van der Waals surface area (Å²) in [5.41, 5.74) is 5.51. The number of terminal acetylenes is 1. The van der Waals surface area contributed by atoms with Crippen molar-refractivity contribution in [3.05, 3.63) is 0 Å². The standard InChI is InChI=1S/C44H74N2O30/c1-3-15-22(53)26(57)30(61)41(66-15)76-38-27(58)23(54)16(9-47)69-44(38)74-36-21(46-14(2)52)39(67-17(10-48)24(36)55)75-37-25(56)18(11-49)68-43(33(37)64)73-35-20(13-51)71-42(32(63)29(35)60)72-34-19(12-50)70-40(31(62)28(34)59)65-8-6-4-5-7-45/h1,15-44,47-51,53-64H,4-13,45H2,2H3,(H,46,52)/t15?,16?,17?,18?,19?,20?,21?,22-,23+,24+,25+,26+,27+,28-,29-,30?,31?,32?,33?,34-,35+,36-,37+,38?,39+,40-,41+,42+,43-,44+/m1/s1. The summed E-state index contributed by atoms with van der Waals surface area (Å²) in [5.74, 6) is 1.17. The maximum atomic E-state index is 12.8. The van der Waals surface area contributed by atoms with Gasteiger partial charge in [0.05, 0.1) is 33.0 Å². The lowest BCUT2D eigenvalue weighted by atomic mass is 9.94. The molecule has 0 aliphatic carbocycles. The van der Waals surface area contributed by atoms with E-state index < -0.39 is 223 Å². The molecule has 0 bridgehead atoms. The first-order valence-electron chi connectivity index (χ1n) is 24.7. The first-order valence-corrected chi connectivity index (χ1v) is 24.7. The van der Waals surface area contributed by atoms with Crippen LogP contribution in [0.5, 0.6) is 0 Å². The summed E-state index contributed by atoms with van der Waals surface area (Å²) in [6, 6.07) is -1.81. The Morgan fingerprint density at radius 3 is 1.42 bits per heavy atom. The molecule has 6 rings (SSSR count). The first-order chi connectivity index (χ1) is 36.2. The summed E-state index contributed by atoms with van der Waals surface area (Å²) in [6.45, 7) is -3.27. The number of aliphatic hydroxyl groups excluding tert-OH is 17. The van der Waals surface area contributed by atoms with Crippen LogP contribution in [0.25, 0.3) is 0 Å².